The van der Waals surface area contributed by atoms with E-state index in [1.165, 1.54) is 37.7 Å². The summed E-state index contributed by atoms with van der Waals surface area (Å²) in [6.07, 6.45) is 5.94. The monoisotopic (exact) mass is 467 g/mol. The Hall–Kier alpha value is -2.71. The van der Waals surface area contributed by atoms with E-state index in [1.54, 1.807) is 4.68 Å². The Labute approximate surface area is 204 Å². The molecule has 8 heteroatoms. The highest BCUT2D eigenvalue weighted by Crippen LogP contribution is 2.25. The molecule has 2 unspecified atom stereocenters. The van der Waals surface area contributed by atoms with Crippen LogP contribution in [0, 0.1) is 19.3 Å². The number of nitrogens with one attached hydrogen (secondary N) is 1. The molecule has 1 aliphatic rings. The largest absolute Gasteiger partial charge is 0.473 e. The standard InChI is InChI=1S/C26H41N7O/c1-9-22-20(5)29-33(18(3)15-32-13-11-12-14-32)24(22)17-30(7)16-19(4)34-26-25(23(27)10-2)21(6)28-31(26)8/h9-10,18-19,27H,1-2,11-17H2,3-8H3. The van der Waals surface area contributed by atoms with Crippen molar-refractivity contribution in [2.75, 3.05) is 33.2 Å². The third-order valence-electron chi connectivity index (χ3n) is 6.52. The predicted octanol–water partition coefficient (Wildman–Crippen LogP) is 3.99. The molecule has 34 heavy (non-hydrogen) atoms. The lowest BCUT2D eigenvalue weighted by Gasteiger charge is -2.26. The highest BCUT2D eigenvalue weighted by atomic mass is 16.5. The second-order valence-corrected chi connectivity index (χ2v) is 9.58. The molecule has 2 aromatic heterocycles. The van der Waals surface area contributed by atoms with Crippen molar-refractivity contribution in [3.05, 3.63) is 47.4 Å². The van der Waals surface area contributed by atoms with Gasteiger partial charge in [-0.05, 0) is 66.7 Å². The zero-order valence-corrected chi connectivity index (χ0v) is 21.8. The minimum absolute atomic E-state index is 0.0946. The average Bonchev–Trinajstić information content (AvgIpc) is 3.46. The van der Waals surface area contributed by atoms with Gasteiger partial charge in [0, 0.05) is 32.2 Å². The molecule has 0 amide bonds. The van der Waals surface area contributed by atoms with Crippen LogP contribution in [0.3, 0.4) is 0 Å². The summed E-state index contributed by atoms with van der Waals surface area (Å²) in [5, 5.41) is 17.6. The van der Waals surface area contributed by atoms with Gasteiger partial charge < -0.3 is 15.0 Å². The van der Waals surface area contributed by atoms with Crippen LogP contribution in [-0.4, -0.2) is 74.4 Å². The van der Waals surface area contributed by atoms with E-state index < -0.39 is 0 Å². The van der Waals surface area contributed by atoms with Crippen molar-refractivity contribution in [2.45, 2.75) is 59.2 Å². The Morgan fingerprint density at radius 1 is 1.18 bits per heavy atom. The maximum atomic E-state index is 8.21. The second kappa shape index (κ2) is 11.1. The van der Waals surface area contributed by atoms with Crippen molar-refractivity contribution in [2.24, 2.45) is 7.05 Å². The van der Waals surface area contributed by atoms with Crippen LogP contribution in [0.1, 0.15) is 60.9 Å². The first kappa shape index (κ1) is 25.9. The van der Waals surface area contributed by atoms with Crippen LogP contribution in [0.5, 0.6) is 5.88 Å². The number of aryl methyl sites for hydroxylation is 3. The van der Waals surface area contributed by atoms with Gasteiger partial charge in [0.05, 0.1) is 34.4 Å². The van der Waals surface area contributed by atoms with E-state index in [-0.39, 0.29) is 6.10 Å². The molecule has 3 rings (SSSR count). The number of nitrogens with zero attached hydrogens (tertiary/aromatic N) is 6. The van der Waals surface area contributed by atoms with Gasteiger partial charge in [-0.2, -0.15) is 10.2 Å². The molecule has 8 nitrogen and oxygen atoms in total. The number of aromatic nitrogens is 4. The van der Waals surface area contributed by atoms with Crippen molar-refractivity contribution in [3.8, 4) is 5.88 Å². The minimum Gasteiger partial charge on any atom is -0.473 e. The molecule has 3 heterocycles. The molecule has 0 radical (unpaired) electrons. The normalized spacial score (nSPS) is 16.1. The second-order valence-electron chi connectivity index (χ2n) is 9.58. The molecule has 1 aliphatic heterocycles. The van der Waals surface area contributed by atoms with Crippen LogP contribution in [0.4, 0.5) is 0 Å². The van der Waals surface area contributed by atoms with Gasteiger partial charge in [0.15, 0.2) is 0 Å². The fraction of sp³-hybridized carbons (Fsp3) is 0.577. The van der Waals surface area contributed by atoms with Crippen LogP contribution >= 0.6 is 0 Å². The third kappa shape index (κ3) is 5.67. The van der Waals surface area contributed by atoms with Crippen LogP contribution in [0.2, 0.25) is 0 Å². The maximum Gasteiger partial charge on any atom is 0.221 e. The van der Waals surface area contributed by atoms with E-state index >= 15 is 0 Å². The van der Waals surface area contributed by atoms with Gasteiger partial charge in [-0.25, -0.2) is 4.68 Å². The number of hydrogen-bond acceptors (Lipinski definition) is 6. The van der Waals surface area contributed by atoms with Gasteiger partial charge in [0.1, 0.15) is 6.10 Å². The number of rotatable bonds is 12. The van der Waals surface area contributed by atoms with Crippen molar-refractivity contribution < 1.29 is 4.74 Å². The van der Waals surface area contributed by atoms with Crippen molar-refractivity contribution >= 4 is 11.8 Å². The first-order valence-corrected chi connectivity index (χ1v) is 12.2. The summed E-state index contributed by atoms with van der Waals surface area (Å²) in [6.45, 7) is 20.9. The van der Waals surface area contributed by atoms with Crippen LogP contribution in [-0.2, 0) is 13.6 Å². The summed E-state index contributed by atoms with van der Waals surface area (Å²) in [6, 6.07) is 0.299. The molecule has 0 aliphatic carbocycles. The van der Waals surface area contributed by atoms with Gasteiger partial charge in [-0.1, -0.05) is 19.2 Å². The molecule has 1 N–H and O–H groups in total. The third-order valence-corrected chi connectivity index (χ3v) is 6.52. The van der Waals surface area contributed by atoms with Crippen LogP contribution in [0.25, 0.3) is 6.08 Å². The van der Waals surface area contributed by atoms with E-state index in [2.05, 4.69) is 53.6 Å². The lowest BCUT2D eigenvalue weighted by molar-refractivity contribution is 0.145. The number of allylic oxidation sites excluding steroid dienone is 1. The molecule has 2 atom stereocenters. The van der Waals surface area contributed by atoms with Crippen molar-refractivity contribution in [1.82, 2.24) is 29.4 Å². The van der Waals surface area contributed by atoms with Gasteiger partial charge >= 0.3 is 0 Å². The molecular formula is C26H41N7O. The summed E-state index contributed by atoms with van der Waals surface area (Å²) in [5.41, 5.74) is 5.13. The van der Waals surface area contributed by atoms with Crippen molar-refractivity contribution in [1.29, 1.82) is 5.41 Å². The molecule has 1 fully saturated rings. The average molecular weight is 468 g/mol. The zero-order valence-electron chi connectivity index (χ0n) is 21.8. The Kier molecular flexibility index (Phi) is 8.49. The number of likely N-dealkylation sites (tertiary alicyclic amines) is 1. The summed E-state index contributed by atoms with van der Waals surface area (Å²) in [7, 11) is 3.95. The van der Waals surface area contributed by atoms with Gasteiger partial charge in [-0.15, -0.1) is 0 Å². The Morgan fingerprint density at radius 2 is 1.85 bits per heavy atom. The van der Waals surface area contributed by atoms with Crippen LogP contribution in [0.15, 0.2) is 19.2 Å². The van der Waals surface area contributed by atoms with Crippen LogP contribution < -0.4 is 4.74 Å². The smallest absolute Gasteiger partial charge is 0.221 e. The summed E-state index contributed by atoms with van der Waals surface area (Å²) < 4.78 is 10.2. The Balaban J connectivity index is 1.72. The zero-order chi connectivity index (χ0) is 25.0. The number of ether oxygens (including phenoxy) is 1. The van der Waals surface area contributed by atoms with E-state index in [9.17, 15) is 0 Å². The van der Waals surface area contributed by atoms with Gasteiger partial charge in [-0.3, -0.25) is 9.58 Å². The highest BCUT2D eigenvalue weighted by Gasteiger charge is 2.24. The molecule has 0 saturated carbocycles. The number of hydrogen-bond donors (Lipinski definition) is 1. The van der Waals surface area contributed by atoms with Crippen molar-refractivity contribution in [3.63, 3.8) is 0 Å². The molecule has 0 aromatic carbocycles. The highest BCUT2D eigenvalue weighted by molar-refractivity contribution is 6.08. The summed E-state index contributed by atoms with van der Waals surface area (Å²) in [5.74, 6) is 0.607. The molecule has 1 saturated heterocycles. The lowest BCUT2D eigenvalue weighted by atomic mass is 10.1. The van der Waals surface area contributed by atoms with E-state index in [0.29, 0.717) is 29.7 Å². The fourth-order valence-electron chi connectivity index (χ4n) is 4.98. The molecule has 0 bridgehead atoms. The van der Waals surface area contributed by atoms with Gasteiger partial charge in [0.25, 0.3) is 0 Å². The van der Waals surface area contributed by atoms with E-state index in [1.807, 2.05) is 27.0 Å². The molecule has 2 aromatic rings. The summed E-state index contributed by atoms with van der Waals surface area (Å²) >= 11 is 0. The van der Waals surface area contributed by atoms with E-state index in [0.717, 1.165) is 30.0 Å². The predicted molar refractivity (Wildman–Crippen MR) is 139 cm³/mol. The summed E-state index contributed by atoms with van der Waals surface area (Å²) in [4.78, 5) is 4.79. The lowest BCUT2D eigenvalue weighted by Crippen LogP contribution is -2.33. The number of likely N-dealkylation sites (N-methyl/N-ethyl adjacent to an activating group) is 1. The fourth-order valence-corrected chi connectivity index (χ4v) is 4.98. The molecular weight excluding hydrogens is 426 g/mol. The Bertz CT molecular complexity index is 1030. The molecule has 0 spiro atoms. The quantitative estimate of drug-likeness (QED) is 0.478. The maximum absolute atomic E-state index is 8.21. The Morgan fingerprint density at radius 3 is 2.47 bits per heavy atom. The minimum atomic E-state index is -0.0946. The van der Waals surface area contributed by atoms with E-state index in [4.69, 9.17) is 15.2 Å². The first-order valence-electron chi connectivity index (χ1n) is 12.2. The van der Waals surface area contributed by atoms with Gasteiger partial charge in [0.2, 0.25) is 5.88 Å². The SMILES string of the molecule is C=CC(=N)c1c(C)nn(C)c1OC(C)CN(C)Cc1c(C=C)c(C)nn1C(C)CN1CCCC1. The molecule has 186 valence electrons. The first-order chi connectivity index (χ1) is 16.2. The topological polar surface area (TPSA) is 75.2 Å².